The lowest BCUT2D eigenvalue weighted by atomic mass is 9.88. The molecule has 4 nitrogen and oxygen atoms in total. The summed E-state index contributed by atoms with van der Waals surface area (Å²) in [6, 6.07) is 8.92. The van der Waals surface area contributed by atoms with Crippen molar-refractivity contribution in [1.82, 2.24) is 9.97 Å². The molecule has 102 valence electrons. The van der Waals surface area contributed by atoms with Crippen LogP contribution in [0.3, 0.4) is 0 Å². The van der Waals surface area contributed by atoms with E-state index in [1.165, 1.54) is 11.1 Å². The monoisotopic (exact) mass is 284 g/mol. The van der Waals surface area contributed by atoms with Gasteiger partial charge in [0.15, 0.2) is 5.82 Å². The molecule has 20 heavy (non-hydrogen) atoms. The molecule has 1 aromatic carbocycles. The zero-order valence-electron chi connectivity index (χ0n) is 11.0. The largest absolute Gasteiger partial charge is 0.388 e. The van der Waals surface area contributed by atoms with Gasteiger partial charge in [0.1, 0.15) is 10.7 Å². The number of nitrogens with one attached hydrogen (secondary N) is 1. The number of anilines is 1. The molecule has 0 saturated carbocycles. The molecule has 5 heteroatoms. The Balaban J connectivity index is 1.79. The summed E-state index contributed by atoms with van der Waals surface area (Å²) in [6.45, 7) is 0. The number of benzene rings is 1. The second kappa shape index (κ2) is 5.54. The van der Waals surface area contributed by atoms with Gasteiger partial charge >= 0.3 is 0 Å². The third kappa shape index (κ3) is 2.63. The van der Waals surface area contributed by atoms with Gasteiger partial charge in [-0.3, -0.25) is 0 Å². The molecular weight excluding hydrogens is 268 g/mol. The van der Waals surface area contributed by atoms with Crippen LogP contribution in [0.1, 0.15) is 23.2 Å². The molecule has 0 aliphatic heterocycles. The first-order chi connectivity index (χ1) is 9.74. The van der Waals surface area contributed by atoms with Crippen molar-refractivity contribution in [3.05, 3.63) is 53.5 Å². The lowest BCUT2D eigenvalue weighted by molar-refractivity contribution is 0.608. The fraction of sp³-hybridized carbons (Fsp3) is 0.267. The third-order valence-electron chi connectivity index (χ3n) is 3.62. The minimum absolute atomic E-state index is 0.275. The molecule has 2 aromatic rings. The average Bonchev–Trinajstić information content (AvgIpc) is 2.47. The molecule has 1 atom stereocenters. The van der Waals surface area contributed by atoms with Crippen LogP contribution in [0.25, 0.3) is 0 Å². The molecule has 1 heterocycles. The standard InChI is InChI=1S/C15H16N4S/c16-14(20)13-15(18-8-7-17-13)19-12-6-5-10-3-1-2-4-11(10)9-12/h1-4,7-8,12H,5-6,9H2,(H2,16,20)(H,18,19). The van der Waals surface area contributed by atoms with Gasteiger partial charge in [0, 0.05) is 18.4 Å². The predicted octanol–water partition coefficient (Wildman–Crippen LogP) is 2.08. The normalized spacial score (nSPS) is 17.3. The molecular formula is C15H16N4S. The van der Waals surface area contributed by atoms with Gasteiger partial charge in [0.2, 0.25) is 0 Å². The second-order valence-electron chi connectivity index (χ2n) is 4.97. The first-order valence-corrected chi connectivity index (χ1v) is 7.09. The van der Waals surface area contributed by atoms with Crippen molar-refractivity contribution in [3.63, 3.8) is 0 Å². The van der Waals surface area contributed by atoms with E-state index in [9.17, 15) is 0 Å². The van der Waals surface area contributed by atoms with Crippen molar-refractivity contribution in [2.45, 2.75) is 25.3 Å². The maximum absolute atomic E-state index is 5.69. The van der Waals surface area contributed by atoms with Crippen LogP contribution in [0.5, 0.6) is 0 Å². The fourth-order valence-corrected chi connectivity index (χ4v) is 2.79. The van der Waals surface area contributed by atoms with E-state index in [1.54, 1.807) is 12.4 Å². The summed E-state index contributed by atoms with van der Waals surface area (Å²) in [4.78, 5) is 8.78. The molecule has 0 fully saturated rings. The molecule has 0 amide bonds. The van der Waals surface area contributed by atoms with Crippen LogP contribution < -0.4 is 11.1 Å². The first kappa shape index (κ1) is 13.0. The number of aryl methyl sites for hydroxylation is 1. The lowest BCUT2D eigenvalue weighted by Crippen LogP contribution is -2.29. The Hall–Kier alpha value is -2.01. The third-order valence-corrected chi connectivity index (χ3v) is 3.81. The predicted molar refractivity (Wildman–Crippen MR) is 83.8 cm³/mol. The summed E-state index contributed by atoms with van der Waals surface area (Å²) in [7, 11) is 0. The molecule has 1 aliphatic carbocycles. The van der Waals surface area contributed by atoms with Crippen molar-refractivity contribution in [2.75, 3.05) is 5.32 Å². The Bertz CT molecular complexity index is 641. The summed E-state index contributed by atoms with van der Waals surface area (Å²) in [5.41, 5.74) is 9.10. The summed E-state index contributed by atoms with van der Waals surface area (Å²) < 4.78 is 0. The van der Waals surface area contributed by atoms with Gasteiger partial charge in [-0.15, -0.1) is 0 Å². The lowest BCUT2D eigenvalue weighted by Gasteiger charge is -2.26. The van der Waals surface area contributed by atoms with Gasteiger partial charge in [0.25, 0.3) is 0 Å². The molecule has 0 radical (unpaired) electrons. The molecule has 1 aromatic heterocycles. The molecule has 0 saturated heterocycles. The SMILES string of the molecule is NC(=S)c1nccnc1NC1CCc2ccccc2C1. The van der Waals surface area contributed by atoms with Crippen molar-refractivity contribution < 1.29 is 0 Å². The minimum atomic E-state index is 0.275. The Labute approximate surface area is 123 Å². The Kier molecular flexibility index (Phi) is 3.60. The maximum Gasteiger partial charge on any atom is 0.155 e. The average molecular weight is 284 g/mol. The van der Waals surface area contributed by atoms with E-state index in [4.69, 9.17) is 18.0 Å². The van der Waals surface area contributed by atoms with Crippen LogP contribution in [0.2, 0.25) is 0 Å². The van der Waals surface area contributed by atoms with E-state index in [2.05, 4.69) is 39.6 Å². The van der Waals surface area contributed by atoms with Gasteiger partial charge in [-0.25, -0.2) is 9.97 Å². The number of aromatic nitrogens is 2. The summed E-state index contributed by atoms with van der Waals surface area (Å²) in [5.74, 6) is 0.685. The van der Waals surface area contributed by atoms with Crippen molar-refractivity contribution in [3.8, 4) is 0 Å². The Morgan fingerprint density at radius 1 is 1.20 bits per heavy atom. The number of hydrogen-bond donors (Lipinski definition) is 2. The van der Waals surface area contributed by atoms with E-state index < -0.39 is 0 Å². The smallest absolute Gasteiger partial charge is 0.155 e. The van der Waals surface area contributed by atoms with Gasteiger partial charge < -0.3 is 11.1 Å². The van der Waals surface area contributed by atoms with E-state index in [1.807, 2.05) is 0 Å². The maximum atomic E-state index is 5.69. The number of nitrogens with zero attached hydrogens (tertiary/aromatic N) is 2. The van der Waals surface area contributed by atoms with Crippen LogP contribution in [-0.2, 0) is 12.8 Å². The fourth-order valence-electron chi connectivity index (χ4n) is 2.64. The van der Waals surface area contributed by atoms with E-state index in [0.717, 1.165) is 19.3 Å². The Morgan fingerprint density at radius 2 is 1.95 bits per heavy atom. The highest BCUT2D eigenvalue weighted by Crippen LogP contribution is 2.23. The van der Waals surface area contributed by atoms with Crippen molar-refractivity contribution >= 4 is 23.0 Å². The summed E-state index contributed by atoms with van der Waals surface area (Å²) in [5, 5.41) is 3.43. The molecule has 3 N–H and O–H groups in total. The van der Waals surface area contributed by atoms with Gasteiger partial charge in [-0.2, -0.15) is 0 Å². The molecule has 1 unspecified atom stereocenters. The van der Waals surface area contributed by atoms with Crippen LogP contribution in [0.15, 0.2) is 36.7 Å². The highest BCUT2D eigenvalue weighted by Gasteiger charge is 2.20. The molecule has 0 bridgehead atoms. The first-order valence-electron chi connectivity index (χ1n) is 6.68. The van der Waals surface area contributed by atoms with Crippen molar-refractivity contribution in [2.24, 2.45) is 5.73 Å². The quantitative estimate of drug-likeness (QED) is 0.845. The molecule has 0 spiro atoms. The zero-order valence-corrected chi connectivity index (χ0v) is 11.9. The topological polar surface area (TPSA) is 63.8 Å². The van der Waals surface area contributed by atoms with E-state index in [-0.39, 0.29) is 4.99 Å². The van der Waals surface area contributed by atoms with Gasteiger partial charge in [-0.1, -0.05) is 36.5 Å². The molecule has 1 aliphatic rings. The number of nitrogens with two attached hydrogens (primary N) is 1. The van der Waals surface area contributed by atoms with Gasteiger partial charge in [0.05, 0.1) is 0 Å². The second-order valence-corrected chi connectivity index (χ2v) is 5.41. The number of fused-ring (bicyclic) bond motifs is 1. The van der Waals surface area contributed by atoms with E-state index in [0.29, 0.717) is 17.6 Å². The zero-order chi connectivity index (χ0) is 13.9. The summed E-state index contributed by atoms with van der Waals surface area (Å²) >= 11 is 5.02. The number of rotatable bonds is 3. The van der Waals surface area contributed by atoms with Crippen LogP contribution in [0, 0.1) is 0 Å². The highest BCUT2D eigenvalue weighted by atomic mass is 32.1. The minimum Gasteiger partial charge on any atom is -0.388 e. The molecule has 3 rings (SSSR count). The highest BCUT2D eigenvalue weighted by molar-refractivity contribution is 7.80. The van der Waals surface area contributed by atoms with Crippen LogP contribution in [-0.4, -0.2) is 21.0 Å². The van der Waals surface area contributed by atoms with Gasteiger partial charge in [-0.05, 0) is 30.4 Å². The van der Waals surface area contributed by atoms with E-state index >= 15 is 0 Å². The summed E-state index contributed by atoms with van der Waals surface area (Å²) in [6.07, 6.45) is 6.40. The van der Waals surface area contributed by atoms with Crippen LogP contribution in [0.4, 0.5) is 5.82 Å². The number of hydrogen-bond acceptors (Lipinski definition) is 4. The van der Waals surface area contributed by atoms with Crippen molar-refractivity contribution in [1.29, 1.82) is 0 Å². The Morgan fingerprint density at radius 3 is 2.75 bits per heavy atom. The number of thiocarbonyl (C=S) groups is 1. The van der Waals surface area contributed by atoms with Crippen LogP contribution >= 0.6 is 12.2 Å².